The number of hydrogen-bond donors (Lipinski definition) is 1. The van der Waals surface area contributed by atoms with E-state index >= 15 is 0 Å². The standard InChI is InChI=1S/C6H16O3S2Si/c1-7-12(8-2,9-3)6-4-5-11-10/h10H,4-6H2,1-3H3. The van der Waals surface area contributed by atoms with Gasteiger partial charge in [0.15, 0.2) is 0 Å². The summed E-state index contributed by atoms with van der Waals surface area (Å²) in [5, 5.41) is 0. The molecule has 0 aliphatic rings. The van der Waals surface area contributed by atoms with Gasteiger partial charge in [-0.1, -0.05) is 10.8 Å². The Morgan fingerprint density at radius 1 is 1.17 bits per heavy atom. The normalized spacial score (nSPS) is 12.0. The average Bonchev–Trinajstić information content (AvgIpc) is 2.14. The zero-order valence-corrected chi connectivity index (χ0v) is 10.4. The highest BCUT2D eigenvalue weighted by atomic mass is 33.1. The van der Waals surface area contributed by atoms with E-state index in [2.05, 4.69) is 11.7 Å². The van der Waals surface area contributed by atoms with Gasteiger partial charge in [0.1, 0.15) is 0 Å². The lowest BCUT2D eigenvalue weighted by atomic mass is 10.6. The van der Waals surface area contributed by atoms with Crippen molar-refractivity contribution in [3.05, 3.63) is 0 Å². The van der Waals surface area contributed by atoms with Crippen molar-refractivity contribution in [2.45, 2.75) is 12.5 Å². The van der Waals surface area contributed by atoms with Crippen LogP contribution in [0.3, 0.4) is 0 Å². The highest BCUT2D eigenvalue weighted by Crippen LogP contribution is 2.17. The van der Waals surface area contributed by atoms with Crippen LogP contribution in [-0.4, -0.2) is 35.9 Å². The summed E-state index contributed by atoms with van der Waals surface area (Å²) < 4.78 is 15.7. The van der Waals surface area contributed by atoms with Gasteiger partial charge in [0.2, 0.25) is 0 Å². The van der Waals surface area contributed by atoms with Crippen LogP contribution >= 0.6 is 22.5 Å². The molecule has 0 heterocycles. The first-order valence-corrected chi connectivity index (χ1v) is 7.63. The maximum atomic E-state index is 5.24. The molecule has 74 valence electrons. The van der Waals surface area contributed by atoms with Gasteiger partial charge in [-0.25, -0.2) is 0 Å². The second-order valence-electron chi connectivity index (χ2n) is 2.23. The van der Waals surface area contributed by atoms with E-state index in [-0.39, 0.29) is 0 Å². The molecule has 0 aromatic rings. The minimum absolute atomic E-state index is 0.851. The van der Waals surface area contributed by atoms with Crippen LogP contribution in [0.2, 0.25) is 6.04 Å². The first kappa shape index (κ1) is 12.8. The Hall–Kier alpha value is 0.797. The van der Waals surface area contributed by atoms with E-state index in [1.807, 2.05) is 0 Å². The predicted octanol–water partition coefficient (Wildman–Crippen LogP) is 1.83. The van der Waals surface area contributed by atoms with Crippen molar-refractivity contribution < 1.29 is 13.3 Å². The molecule has 12 heavy (non-hydrogen) atoms. The third-order valence-electron chi connectivity index (χ3n) is 1.65. The molecule has 0 aromatic heterocycles. The molecular formula is C6H16O3S2Si. The van der Waals surface area contributed by atoms with Crippen molar-refractivity contribution in [1.29, 1.82) is 0 Å². The molecule has 0 aromatic carbocycles. The highest BCUT2D eigenvalue weighted by Gasteiger charge is 2.36. The summed E-state index contributed by atoms with van der Waals surface area (Å²) in [6.45, 7) is 0. The van der Waals surface area contributed by atoms with Crippen LogP contribution in [0.25, 0.3) is 0 Å². The number of thiol groups is 1. The van der Waals surface area contributed by atoms with Gasteiger partial charge in [0.05, 0.1) is 0 Å². The van der Waals surface area contributed by atoms with Gasteiger partial charge in [0, 0.05) is 33.1 Å². The lowest BCUT2D eigenvalue weighted by Crippen LogP contribution is -2.42. The summed E-state index contributed by atoms with van der Waals surface area (Å²) >= 11 is 4.05. The molecule has 0 fully saturated rings. The van der Waals surface area contributed by atoms with Crippen LogP contribution in [0.4, 0.5) is 0 Å². The molecule has 0 amide bonds. The first-order valence-electron chi connectivity index (χ1n) is 3.66. The Morgan fingerprint density at radius 3 is 2.00 bits per heavy atom. The smallest absolute Gasteiger partial charge is 0.377 e. The van der Waals surface area contributed by atoms with Crippen molar-refractivity contribution in [3.8, 4) is 0 Å². The predicted molar refractivity (Wildman–Crippen MR) is 57.6 cm³/mol. The van der Waals surface area contributed by atoms with E-state index in [0.29, 0.717) is 0 Å². The molecule has 0 aliphatic carbocycles. The molecule has 0 N–H and O–H groups in total. The molecule has 0 unspecified atom stereocenters. The topological polar surface area (TPSA) is 27.7 Å². The first-order chi connectivity index (χ1) is 5.74. The summed E-state index contributed by atoms with van der Waals surface area (Å²) in [6, 6.07) is 0.851. The maximum absolute atomic E-state index is 5.24. The van der Waals surface area contributed by atoms with Gasteiger partial charge in [-0.2, -0.15) is 0 Å². The van der Waals surface area contributed by atoms with Gasteiger partial charge < -0.3 is 13.3 Å². The molecule has 0 bridgehead atoms. The summed E-state index contributed by atoms with van der Waals surface area (Å²) in [7, 11) is 4.12. The Kier molecular flexibility index (Phi) is 7.70. The van der Waals surface area contributed by atoms with Crippen molar-refractivity contribution >= 4 is 31.3 Å². The summed E-state index contributed by atoms with van der Waals surface area (Å²) in [6.07, 6.45) is 1.01. The lowest BCUT2D eigenvalue weighted by Gasteiger charge is -2.23. The molecule has 0 rings (SSSR count). The van der Waals surface area contributed by atoms with Crippen LogP contribution in [-0.2, 0) is 13.3 Å². The average molecular weight is 228 g/mol. The second-order valence-corrected chi connectivity index (χ2v) is 6.76. The van der Waals surface area contributed by atoms with Crippen LogP contribution in [0, 0.1) is 0 Å². The van der Waals surface area contributed by atoms with E-state index < -0.39 is 8.80 Å². The molecule has 0 saturated carbocycles. The van der Waals surface area contributed by atoms with Crippen molar-refractivity contribution in [1.82, 2.24) is 0 Å². The number of rotatable bonds is 7. The molecular weight excluding hydrogens is 212 g/mol. The fourth-order valence-corrected chi connectivity index (χ4v) is 3.55. The summed E-state index contributed by atoms with van der Waals surface area (Å²) in [5.41, 5.74) is 0. The Labute approximate surface area is 84.3 Å². The minimum atomic E-state index is -2.30. The van der Waals surface area contributed by atoms with Crippen LogP contribution in [0.15, 0.2) is 0 Å². The van der Waals surface area contributed by atoms with Gasteiger partial charge in [-0.15, -0.1) is 11.7 Å². The third-order valence-corrected chi connectivity index (χ3v) is 5.50. The van der Waals surface area contributed by atoms with Gasteiger partial charge in [0.25, 0.3) is 0 Å². The van der Waals surface area contributed by atoms with Crippen molar-refractivity contribution in [2.24, 2.45) is 0 Å². The van der Waals surface area contributed by atoms with Gasteiger partial charge in [-0.05, 0) is 6.42 Å². The zero-order chi connectivity index (χ0) is 9.45. The van der Waals surface area contributed by atoms with Crippen LogP contribution in [0.5, 0.6) is 0 Å². The van der Waals surface area contributed by atoms with E-state index in [9.17, 15) is 0 Å². The minimum Gasteiger partial charge on any atom is -0.377 e. The Balaban J connectivity index is 3.76. The summed E-state index contributed by atoms with van der Waals surface area (Å²) in [4.78, 5) is 0. The molecule has 0 saturated heterocycles. The maximum Gasteiger partial charge on any atom is 0.500 e. The van der Waals surface area contributed by atoms with E-state index in [1.165, 1.54) is 10.8 Å². The quantitative estimate of drug-likeness (QED) is 0.311. The lowest BCUT2D eigenvalue weighted by molar-refractivity contribution is 0.123. The fourth-order valence-electron chi connectivity index (χ4n) is 0.909. The largest absolute Gasteiger partial charge is 0.500 e. The SMILES string of the molecule is CO[Si](CCCSS)(OC)OC. The highest BCUT2D eigenvalue weighted by molar-refractivity contribution is 8.68. The van der Waals surface area contributed by atoms with Crippen LogP contribution < -0.4 is 0 Å². The zero-order valence-electron chi connectivity index (χ0n) is 7.70. The van der Waals surface area contributed by atoms with E-state index in [1.54, 1.807) is 21.3 Å². The van der Waals surface area contributed by atoms with Crippen LogP contribution in [0.1, 0.15) is 6.42 Å². The van der Waals surface area contributed by atoms with Gasteiger partial charge in [-0.3, -0.25) is 0 Å². The molecule has 0 aliphatic heterocycles. The van der Waals surface area contributed by atoms with E-state index in [0.717, 1.165) is 18.2 Å². The Morgan fingerprint density at radius 2 is 1.67 bits per heavy atom. The monoisotopic (exact) mass is 228 g/mol. The number of hydrogen-bond acceptors (Lipinski definition) is 5. The molecule has 0 atom stereocenters. The van der Waals surface area contributed by atoms with Crippen molar-refractivity contribution in [2.75, 3.05) is 27.1 Å². The van der Waals surface area contributed by atoms with Crippen molar-refractivity contribution in [3.63, 3.8) is 0 Å². The summed E-state index contributed by atoms with van der Waals surface area (Å²) in [5.74, 6) is 0.994. The fraction of sp³-hybridized carbons (Fsp3) is 1.00. The molecule has 3 nitrogen and oxygen atoms in total. The third kappa shape index (κ3) is 4.15. The molecule has 0 radical (unpaired) electrons. The second kappa shape index (κ2) is 7.22. The van der Waals surface area contributed by atoms with E-state index in [4.69, 9.17) is 13.3 Å². The molecule has 0 spiro atoms. The van der Waals surface area contributed by atoms with Gasteiger partial charge >= 0.3 is 8.80 Å². The molecule has 6 heteroatoms. The Bertz CT molecular complexity index is 103.